The summed E-state index contributed by atoms with van der Waals surface area (Å²) in [5.74, 6) is -0.235. The van der Waals surface area contributed by atoms with Crippen molar-refractivity contribution in [3.63, 3.8) is 0 Å². The van der Waals surface area contributed by atoms with Gasteiger partial charge in [-0.3, -0.25) is 4.79 Å². The molecule has 0 aromatic heterocycles. The maximum atomic E-state index is 10.3. The second-order valence-electron chi connectivity index (χ2n) is 3.04. The van der Waals surface area contributed by atoms with Gasteiger partial charge in [0.05, 0.1) is 6.61 Å². The summed E-state index contributed by atoms with van der Waals surface area (Å²) in [6.45, 7) is 1.80. The largest absolute Gasteiger partial charge is 2.00 e. The van der Waals surface area contributed by atoms with Crippen molar-refractivity contribution in [2.24, 2.45) is 0 Å². The summed E-state index contributed by atoms with van der Waals surface area (Å²) in [5, 5.41) is 0. The van der Waals surface area contributed by atoms with Gasteiger partial charge in [-0.2, -0.15) is 30.3 Å². The number of carbonyl (C=O) groups excluding carboxylic acids is 1. The molecule has 2 rings (SSSR count). The Hall–Kier alpha value is -1.31. The molecule has 0 aliphatic heterocycles. The van der Waals surface area contributed by atoms with Gasteiger partial charge in [0, 0.05) is 6.92 Å². The van der Waals surface area contributed by atoms with Crippen LogP contribution in [0.3, 0.4) is 0 Å². The molecule has 86 valence electrons. The average molecular weight is 258 g/mol. The molecule has 2 aromatic rings. The van der Waals surface area contributed by atoms with Crippen LogP contribution in [0.4, 0.5) is 0 Å². The van der Waals surface area contributed by atoms with Gasteiger partial charge in [-0.1, -0.05) is 0 Å². The van der Waals surface area contributed by atoms with Crippen molar-refractivity contribution in [2.45, 2.75) is 13.5 Å². The van der Waals surface area contributed by atoms with E-state index in [0.717, 1.165) is 5.56 Å². The molecule has 16 heavy (non-hydrogen) atoms. The molecule has 0 bridgehead atoms. The maximum absolute atomic E-state index is 10.3. The average Bonchev–Trinajstić information content (AvgIpc) is 2.91. The molecule has 0 saturated heterocycles. The molecular weight excluding hydrogens is 244 g/mol. The molecule has 0 radical (unpaired) electrons. The van der Waals surface area contributed by atoms with Crippen LogP contribution in [0.5, 0.6) is 0 Å². The topological polar surface area (TPSA) is 26.3 Å². The zero-order chi connectivity index (χ0) is 10.9. The van der Waals surface area contributed by atoms with E-state index in [9.17, 15) is 4.79 Å². The third-order valence-electron chi connectivity index (χ3n) is 1.73. The van der Waals surface area contributed by atoms with Gasteiger partial charge in [0.2, 0.25) is 0 Å². The normalized spacial score (nSPS) is 8.31. The van der Waals surface area contributed by atoms with Gasteiger partial charge in [-0.25, -0.2) is 24.3 Å². The van der Waals surface area contributed by atoms with Gasteiger partial charge in [-0.15, -0.1) is 5.56 Å². The Morgan fingerprint density at radius 2 is 1.75 bits per heavy atom. The van der Waals surface area contributed by atoms with Crippen LogP contribution < -0.4 is 0 Å². The Morgan fingerprint density at radius 1 is 1.19 bits per heavy atom. The van der Waals surface area contributed by atoms with Crippen molar-refractivity contribution in [3.05, 3.63) is 60.2 Å². The molecule has 0 spiro atoms. The van der Waals surface area contributed by atoms with E-state index in [0.29, 0.717) is 6.61 Å². The first-order valence-corrected chi connectivity index (χ1v) is 4.79. The van der Waals surface area contributed by atoms with Crippen LogP contribution in [0.1, 0.15) is 12.5 Å². The number of hydrogen-bond donors (Lipinski definition) is 0. The summed E-state index contributed by atoms with van der Waals surface area (Å²) in [7, 11) is 0. The smallest absolute Gasteiger partial charge is 0.474 e. The number of carbonyl (C=O) groups is 1. The minimum atomic E-state index is -0.235. The van der Waals surface area contributed by atoms with Crippen molar-refractivity contribution in [1.29, 1.82) is 0 Å². The van der Waals surface area contributed by atoms with Crippen LogP contribution in [0, 0.1) is 0 Å². The van der Waals surface area contributed by atoms with Crippen molar-refractivity contribution >= 4 is 5.97 Å². The molecule has 2 nitrogen and oxygen atoms in total. The summed E-state index contributed by atoms with van der Waals surface area (Å²) in [6.07, 6.45) is 0. The third-order valence-corrected chi connectivity index (χ3v) is 1.73. The van der Waals surface area contributed by atoms with E-state index >= 15 is 0 Å². The quantitative estimate of drug-likeness (QED) is 0.470. The minimum Gasteiger partial charge on any atom is -0.474 e. The zero-order valence-electron chi connectivity index (χ0n) is 9.07. The molecule has 0 fully saturated rings. The van der Waals surface area contributed by atoms with Gasteiger partial charge in [-0.05, 0) is 0 Å². The molecule has 0 amide bonds. The number of hydrogen-bond acceptors (Lipinski definition) is 2. The zero-order valence-corrected chi connectivity index (χ0v) is 10.2. The molecule has 0 saturated carbocycles. The van der Waals surface area contributed by atoms with Crippen molar-refractivity contribution in [1.82, 2.24) is 0 Å². The molecule has 3 heteroatoms. The van der Waals surface area contributed by atoms with Gasteiger partial charge < -0.3 is 4.74 Å². The standard InChI is InChI=1S/C8H9O2.C5H5.Fe/c1-7(9)10-6-8-4-2-3-5-8;1-2-4-5-3-1;/h2-5H,6H2,1H3;1-5H;/q2*-1;+2. The minimum absolute atomic E-state index is 0. The van der Waals surface area contributed by atoms with Crippen LogP contribution in [0.15, 0.2) is 54.6 Å². The van der Waals surface area contributed by atoms with Crippen LogP contribution in [-0.2, 0) is 33.2 Å². The first-order valence-electron chi connectivity index (χ1n) is 4.79. The summed E-state index contributed by atoms with van der Waals surface area (Å²) in [5.41, 5.74) is 1.04. The Balaban J connectivity index is 0.000000318. The first-order chi connectivity index (χ1) is 7.29. The maximum Gasteiger partial charge on any atom is 2.00 e. The summed E-state index contributed by atoms with van der Waals surface area (Å²) < 4.78 is 4.75. The van der Waals surface area contributed by atoms with Crippen LogP contribution in [0.2, 0.25) is 0 Å². The predicted molar refractivity (Wildman–Crippen MR) is 59.5 cm³/mol. The van der Waals surface area contributed by atoms with E-state index < -0.39 is 0 Å². The van der Waals surface area contributed by atoms with Gasteiger partial charge in [0.15, 0.2) is 0 Å². The Kier molecular flexibility index (Phi) is 8.22. The third kappa shape index (κ3) is 7.04. The van der Waals surface area contributed by atoms with Crippen molar-refractivity contribution in [3.8, 4) is 0 Å². The SMILES string of the molecule is CC(=O)OC[c-]1cccc1.[Fe+2].c1cc[cH-]c1. The molecular formula is C13H14FeO2. The number of esters is 1. The van der Waals surface area contributed by atoms with E-state index in [1.807, 2.05) is 54.6 Å². The first kappa shape index (κ1) is 14.7. The molecule has 0 unspecified atom stereocenters. The van der Waals surface area contributed by atoms with Gasteiger partial charge in [0.25, 0.3) is 0 Å². The van der Waals surface area contributed by atoms with Gasteiger partial charge >= 0.3 is 23.0 Å². The van der Waals surface area contributed by atoms with Crippen LogP contribution in [-0.4, -0.2) is 5.97 Å². The molecule has 0 aliphatic rings. The molecule has 0 heterocycles. The monoisotopic (exact) mass is 258 g/mol. The van der Waals surface area contributed by atoms with Gasteiger partial charge in [0.1, 0.15) is 0 Å². The fourth-order valence-electron chi connectivity index (χ4n) is 1.02. The van der Waals surface area contributed by atoms with E-state index in [2.05, 4.69) is 0 Å². The second-order valence-corrected chi connectivity index (χ2v) is 3.04. The molecule has 0 aliphatic carbocycles. The Morgan fingerprint density at radius 3 is 2.12 bits per heavy atom. The fourth-order valence-corrected chi connectivity index (χ4v) is 1.02. The van der Waals surface area contributed by atoms with Crippen molar-refractivity contribution < 1.29 is 26.6 Å². The molecule has 0 N–H and O–H groups in total. The van der Waals surface area contributed by atoms with E-state index in [-0.39, 0.29) is 23.0 Å². The van der Waals surface area contributed by atoms with E-state index in [4.69, 9.17) is 4.74 Å². The second kappa shape index (κ2) is 8.95. The van der Waals surface area contributed by atoms with E-state index in [1.54, 1.807) is 0 Å². The number of ether oxygens (including phenoxy) is 1. The molecule has 2 aromatic carbocycles. The fraction of sp³-hybridized carbons (Fsp3) is 0.154. The van der Waals surface area contributed by atoms with Crippen LogP contribution in [0.25, 0.3) is 0 Å². The van der Waals surface area contributed by atoms with Crippen molar-refractivity contribution in [2.75, 3.05) is 0 Å². The van der Waals surface area contributed by atoms with Crippen LogP contribution >= 0.6 is 0 Å². The summed E-state index contributed by atoms with van der Waals surface area (Å²) >= 11 is 0. The Bertz CT molecular complexity index is 332. The predicted octanol–water partition coefficient (Wildman–Crippen LogP) is 2.87. The number of rotatable bonds is 2. The summed E-state index contributed by atoms with van der Waals surface area (Å²) in [4.78, 5) is 10.3. The summed E-state index contributed by atoms with van der Waals surface area (Å²) in [6, 6.07) is 17.7. The molecule has 0 atom stereocenters. The van der Waals surface area contributed by atoms with E-state index in [1.165, 1.54) is 6.92 Å². The Labute approximate surface area is 106 Å².